The number of esters is 2. The number of nitrogens with one attached hydrogen (secondary N) is 1. The van der Waals surface area contributed by atoms with Crippen LogP contribution in [-0.4, -0.2) is 43.9 Å². The number of rotatable bonds is 16. The van der Waals surface area contributed by atoms with Gasteiger partial charge in [0.15, 0.2) is 0 Å². The van der Waals surface area contributed by atoms with Gasteiger partial charge >= 0.3 is 11.9 Å². The van der Waals surface area contributed by atoms with E-state index in [4.69, 9.17) is 23.8 Å². The maximum Gasteiger partial charge on any atom is 0.338 e. The van der Waals surface area contributed by atoms with Gasteiger partial charge in [0.2, 0.25) is 0 Å². The summed E-state index contributed by atoms with van der Waals surface area (Å²) in [6.45, 7) is 4.71. The molecule has 188 valence electrons. The van der Waals surface area contributed by atoms with E-state index in [2.05, 4.69) is 5.09 Å². The van der Waals surface area contributed by atoms with E-state index in [1.165, 1.54) is 0 Å². The molecule has 0 fully saturated rings. The summed E-state index contributed by atoms with van der Waals surface area (Å²) < 4.78 is 22.5. The van der Waals surface area contributed by atoms with Gasteiger partial charge in [-0.1, -0.05) is 36.4 Å². The minimum atomic E-state index is -1.28. The quantitative estimate of drug-likeness (QED) is 0.185. The van der Waals surface area contributed by atoms with Crippen LogP contribution in [-0.2, 0) is 18.5 Å². The first-order valence-corrected chi connectivity index (χ1v) is 12.8. The first kappa shape index (κ1) is 28.4. The highest BCUT2D eigenvalue weighted by atomic mass is 31.2. The Morgan fingerprint density at radius 2 is 1.51 bits per heavy atom. The molecule has 0 aliphatic carbocycles. The molecule has 0 radical (unpaired) electrons. The van der Waals surface area contributed by atoms with E-state index in [1.807, 2.05) is 32.0 Å². The zero-order valence-corrected chi connectivity index (χ0v) is 21.1. The molecular weight excluding hydrogens is 467 g/mol. The van der Waals surface area contributed by atoms with Gasteiger partial charge in [-0.15, -0.1) is 0 Å². The summed E-state index contributed by atoms with van der Waals surface area (Å²) in [6.07, 6.45) is 1.62. The van der Waals surface area contributed by atoms with Gasteiger partial charge < -0.3 is 18.5 Å². The van der Waals surface area contributed by atoms with Gasteiger partial charge in [0.25, 0.3) is 8.53 Å². The number of nitrogens with zero attached hydrogens (tertiary/aromatic N) is 1. The molecule has 0 saturated heterocycles. The zero-order chi connectivity index (χ0) is 25.3. The molecule has 2 aromatic rings. The third kappa shape index (κ3) is 11.9. The topological polar surface area (TPSA) is 107 Å². The smallest absolute Gasteiger partial charge is 0.338 e. The lowest BCUT2D eigenvalue weighted by molar-refractivity contribution is -0.00357. The van der Waals surface area contributed by atoms with Gasteiger partial charge in [-0.25, -0.2) is 14.7 Å². The number of carbonyl (C=O) groups is 2. The number of ether oxygens (including phenoxy) is 2. The normalized spacial score (nSPS) is 12.5. The monoisotopic (exact) mass is 500 g/mol. The van der Waals surface area contributed by atoms with Crippen LogP contribution in [0.5, 0.6) is 0 Å². The van der Waals surface area contributed by atoms with Crippen LogP contribution in [0.3, 0.4) is 0 Å². The van der Waals surface area contributed by atoms with E-state index < -0.39 is 26.6 Å². The lowest BCUT2D eigenvalue weighted by Gasteiger charge is -2.20. The fourth-order valence-corrected chi connectivity index (χ4v) is 4.11. The van der Waals surface area contributed by atoms with Crippen molar-refractivity contribution in [3.63, 3.8) is 0 Å². The molecule has 2 aromatic carbocycles. The lowest BCUT2D eigenvalue weighted by atomic mass is 10.1. The van der Waals surface area contributed by atoms with Crippen LogP contribution >= 0.6 is 8.53 Å². The molecule has 8 nitrogen and oxygen atoms in total. The van der Waals surface area contributed by atoms with E-state index in [9.17, 15) is 9.59 Å². The van der Waals surface area contributed by atoms with Crippen molar-refractivity contribution in [3.8, 4) is 6.07 Å². The van der Waals surface area contributed by atoms with E-state index in [-0.39, 0.29) is 12.6 Å². The zero-order valence-electron chi connectivity index (χ0n) is 20.2. The highest BCUT2D eigenvalue weighted by molar-refractivity contribution is 7.44. The summed E-state index contributed by atoms with van der Waals surface area (Å²) >= 11 is 0. The number of benzene rings is 2. The van der Waals surface area contributed by atoms with E-state index >= 15 is 0 Å². The first-order chi connectivity index (χ1) is 17.0. The van der Waals surface area contributed by atoms with Gasteiger partial charge in [0.1, 0.15) is 12.7 Å². The number of hydrogen-bond donors (Lipinski definition) is 1. The average Bonchev–Trinajstić information content (AvgIpc) is 2.87. The Bertz CT molecular complexity index is 920. The highest BCUT2D eigenvalue weighted by Gasteiger charge is 2.19. The molecule has 0 spiro atoms. The highest BCUT2D eigenvalue weighted by Crippen LogP contribution is 2.34. The molecule has 0 saturated carbocycles. The van der Waals surface area contributed by atoms with Crippen LogP contribution in [0.4, 0.5) is 0 Å². The molecule has 0 amide bonds. The van der Waals surface area contributed by atoms with Crippen LogP contribution in [0, 0.1) is 11.3 Å². The second-order valence-electron chi connectivity index (χ2n) is 7.97. The second-order valence-corrected chi connectivity index (χ2v) is 9.26. The fraction of sp³-hybridized carbons (Fsp3) is 0.423. The maximum absolute atomic E-state index is 12.5. The molecule has 0 bridgehead atoms. The average molecular weight is 501 g/mol. The van der Waals surface area contributed by atoms with Crippen molar-refractivity contribution >= 4 is 20.5 Å². The first-order valence-electron chi connectivity index (χ1n) is 11.7. The number of unbranched alkanes of at least 4 members (excludes halogenated alkanes) is 1. The molecule has 0 aliphatic heterocycles. The van der Waals surface area contributed by atoms with Crippen LogP contribution in [0.25, 0.3) is 0 Å². The SMILES string of the molecule is CC(C)NP(OCCC#N)OCCCCC(COC(=O)c1ccccc1)OC(=O)c1ccccc1. The van der Waals surface area contributed by atoms with Crippen molar-refractivity contribution in [1.29, 1.82) is 5.26 Å². The standard InChI is InChI=1S/C26H33N2O6P/c1-21(2)28-35(33-19-11-17-27)32-18-10-9-16-24(34-26(30)23-14-7-4-8-15-23)20-31-25(29)22-12-5-3-6-13-22/h3-8,12-15,21,24,28H,9-11,16,18-20H2,1-2H3. The third-order valence-corrected chi connectivity index (χ3v) is 6.17. The molecule has 0 aromatic heterocycles. The number of carbonyl (C=O) groups excluding carboxylic acids is 2. The van der Waals surface area contributed by atoms with Gasteiger partial charge in [0.05, 0.1) is 36.8 Å². The van der Waals surface area contributed by atoms with E-state index in [0.29, 0.717) is 50.0 Å². The number of hydrogen-bond acceptors (Lipinski definition) is 8. The molecule has 2 atom stereocenters. The Hall–Kier alpha value is -2.82. The van der Waals surface area contributed by atoms with Gasteiger partial charge in [-0.2, -0.15) is 5.26 Å². The van der Waals surface area contributed by atoms with Crippen LogP contribution < -0.4 is 5.09 Å². The van der Waals surface area contributed by atoms with Crippen LogP contribution in [0.2, 0.25) is 0 Å². The maximum atomic E-state index is 12.5. The lowest BCUT2D eigenvalue weighted by Crippen LogP contribution is -2.25. The predicted octanol–water partition coefficient (Wildman–Crippen LogP) is 5.41. The minimum absolute atomic E-state index is 0.0357. The Morgan fingerprint density at radius 1 is 0.914 bits per heavy atom. The molecule has 2 rings (SSSR count). The second kappa shape index (κ2) is 16.7. The Morgan fingerprint density at radius 3 is 2.11 bits per heavy atom. The van der Waals surface area contributed by atoms with Crippen LogP contribution in [0.1, 0.15) is 60.2 Å². The Balaban J connectivity index is 1.85. The number of nitriles is 1. The summed E-state index contributed by atoms with van der Waals surface area (Å²) in [6, 6.07) is 19.6. The molecule has 0 heterocycles. The van der Waals surface area contributed by atoms with Crippen LogP contribution in [0.15, 0.2) is 60.7 Å². The van der Waals surface area contributed by atoms with Crippen molar-refractivity contribution in [3.05, 3.63) is 71.8 Å². The van der Waals surface area contributed by atoms with E-state index in [0.717, 1.165) is 0 Å². The molecule has 35 heavy (non-hydrogen) atoms. The van der Waals surface area contributed by atoms with Gasteiger partial charge in [0, 0.05) is 6.04 Å². The summed E-state index contributed by atoms with van der Waals surface area (Å²) in [5, 5.41) is 11.9. The van der Waals surface area contributed by atoms with E-state index in [1.54, 1.807) is 48.5 Å². The largest absolute Gasteiger partial charge is 0.458 e. The van der Waals surface area contributed by atoms with Crippen molar-refractivity contribution < 1.29 is 28.1 Å². The molecule has 0 aliphatic rings. The summed E-state index contributed by atoms with van der Waals surface area (Å²) in [5.41, 5.74) is 0.881. The molecular formula is C26H33N2O6P. The molecule has 1 N–H and O–H groups in total. The molecule has 2 unspecified atom stereocenters. The Labute approximate surface area is 208 Å². The van der Waals surface area contributed by atoms with Crippen molar-refractivity contribution in [1.82, 2.24) is 5.09 Å². The Kier molecular flexibility index (Phi) is 13.6. The van der Waals surface area contributed by atoms with Crippen molar-refractivity contribution in [2.45, 2.75) is 51.7 Å². The van der Waals surface area contributed by atoms with Gasteiger partial charge in [-0.05, 0) is 57.4 Å². The minimum Gasteiger partial charge on any atom is -0.458 e. The summed E-state index contributed by atoms with van der Waals surface area (Å²) in [4.78, 5) is 24.9. The van der Waals surface area contributed by atoms with Gasteiger partial charge in [-0.3, -0.25) is 0 Å². The summed E-state index contributed by atoms with van der Waals surface area (Å²) in [5.74, 6) is -0.923. The predicted molar refractivity (Wildman–Crippen MR) is 134 cm³/mol. The van der Waals surface area contributed by atoms with Crippen molar-refractivity contribution in [2.24, 2.45) is 0 Å². The third-order valence-electron chi connectivity index (χ3n) is 4.61. The molecule has 9 heteroatoms. The summed E-state index contributed by atoms with van der Waals surface area (Å²) in [7, 11) is -1.28. The fourth-order valence-electron chi connectivity index (χ4n) is 2.91. The van der Waals surface area contributed by atoms with Crippen molar-refractivity contribution in [2.75, 3.05) is 19.8 Å².